The van der Waals surface area contributed by atoms with Crippen molar-refractivity contribution < 1.29 is 22.7 Å². The van der Waals surface area contributed by atoms with Gasteiger partial charge in [-0.2, -0.15) is 18.3 Å². The summed E-state index contributed by atoms with van der Waals surface area (Å²) < 4.78 is 46.9. The first kappa shape index (κ1) is 25.4. The molecule has 10 nitrogen and oxygen atoms in total. The lowest BCUT2D eigenvalue weighted by molar-refractivity contribution is -0.141. The SMILES string of the molecule is COCc1cc(C(=O)N2CCN(C3CC(n4cc(-c5ncnc6[nH]ccc56)cn4)C3)CC2)nc(C(F)(F)F)c1. The second-order valence-corrected chi connectivity index (χ2v) is 9.96. The predicted octanol–water partition coefficient (Wildman–Crippen LogP) is 3.54. The number of ether oxygens (including phenoxy) is 1. The molecule has 2 fully saturated rings. The lowest BCUT2D eigenvalue weighted by Crippen LogP contribution is -2.55. The second kappa shape index (κ2) is 10.0. The van der Waals surface area contributed by atoms with E-state index in [1.54, 1.807) is 4.90 Å². The Morgan fingerprint density at radius 2 is 1.92 bits per heavy atom. The number of halogens is 3. The van der Waals surface area contributed by atoms with Gasteiger partial charge in [0.1, 0.15) is 23.4 Å². The van der Waals surface area contributed by atoms with Gasteiger partial charge in [0.25, 0.3) is 5.91 Å². The van der Waals surface area contributed by atoms with E-state index in [2.05, 4.69) is 29.9 Å². The van der Waals surface area contributed by atoms with Gasteiger partial charge in [-0.15, -0.1) is 0 Å². The minimum atomic E-state index is -4.64. The van der Waals surface area contributed by atoms with E-state index in [1.807, 2.05) is 29.3 Å². The molecule has 0 aromatic carbocycles. The minimum Gasteiger partial charge on any atom is -0.380 e. The fourth-order valence-corrected chi connectivity index (χ4v) is 5.38. The van der Waals surface area contributed by atoms with Crippen molar-refractivity contribution in [2.24, 2.45) is 0 Å². The van der Waals surface area contributed by atoms with Crippen LogP contribution in [0.3, 0.4) is 0 Å². The summed E-state index contributed by atoms with van der Waals surface area (Å²) in [7, 11) is 1.39. The van der Waals surface area contributed by atoms with Gasteiger partial charge < -0.3 is 14.6 Å². The molecule has 5 heterocycles. The van der Waals surface area contributed by atoms with Crippen molar-refractivity contribution in [2.75, 3.05) is 33.3 Å². The van der Waals surface area contributed by atoms with Crippen molar-refractivity contribution in [1.82, 2.24) is 39.5 Å². The van der Waals surface area contributed by atoms with E-state index in [9.17, 15) is 18.0 Å². The van der Waals surface area contributed by atoms with Gasteiger partial charge in [0, 0.05) is 62.7 Å². The maximum absolute atomic E-state index is 13.3. The highest BCUT2D eigenvalue weighted by atomic mass is 19.4. The summed E-state index contributed by atoms with van der Waals surface area (Å²) in [6, 6.07) is 4.90. The summed E-state index contributed by atoms with van der Waals surface area (Å²) in [5.41, 5.74) is 1.54. The molecule has 0 radical (unpaired) electrons. The number of piperazine rings is 1. The van der Waals surface area contributed by atoms with Crippen molar-refractivity contribution in [3.05, 3.63) is 60.1 Å². The van der Waals surface area contributed by atoms with Crippen LogP contribution in [0.4, 0.5) is 13.2 Å². The molecule has 204 valence electrons. The smallest absolute Gasteiger partial charge is 0.380 e. The summed E-state index contributed by atoms with van der Waals surface area (Å²) >= 11 is 0. The molecule has 0 unspecified atom stereocenters. The molecule has 1 N–H and O–H groups in total. The third-order valence-electron chi connectivity index (χ3n) is 7.51. The van der Waals surface area contributed by atoms with E-state index in [4.69, 9.17) is 4.74 Å². The molecule has 13 heteroatoms. The first-order chi connectivity index (χ1) is 18.8. The molecule has 1 amide bonds. The van der Waals surface area contributed by atoms with Crippen LogP contribution in [-0.2, 0) is 17.5 Å². The molecule has 2 aliphatic rings. The molecule has 0 spiro atoms. The summed E-state index contributed by atoms with van der Waals surface area (Å²) in [5, 5.41) is 5.53. The number of methoxy groups -OCH3 is 1. The van der Waals surface area contributed by atoms with Crippen LogP contribution in [0.5, 0.6) is 0 Å². The molecule has 1 aliphatic heterocycles. The van der Waals surface area contributed by atoms with Crippen LogP contribution in [0.15, 0.2) is 43.1 Å². The van der Waals surface area contributed by atoms with E-state index in [-0.39, 0.29) is 23.9 Å². The molecule has 4 aromatic heterocycles. The molecule has 1 saturated carbocycles. The minimum absolute atomic E-state index is 0.0320. The number of aromatic amines is 1. The highest BCUT2D eigenvalue weighted by Gasteiger charge is 2.38. The number of amides is 1. The number of alkyl halides is 3. The van der Waals surface area contributed by atoms with Gasteiger partial charge in [0.15, 0.2) is 0 Å². The third kappa shape index (κ3) is 4.99. The van der Waals surface area contributed by atoms with Crippen molar-refractivity contribution >= 4 is 16.9 Å². The van der Waals surface area contributed by atoms with Crippen LogP contribution in [-0.4, -0.2) is 84.8 Å². The molecule has 6 rings (SSSR count). The highest BCUT2D eigenvalue weighted by Crippen LogP contribution is 2.37. The molecular weight excluding hydrogens is 513 g/mol. The van der Waals surface area contributed by atoms with Crippen molar-refractivity contribution in [3.63, 3.8) is 0 Å². The zero-order chi connectivity index (χ0) is 27.1. The van der Waals surface area contributed by atoms with Crippen LogP contribution in [0.1, 0.15) is 40.6 Å². The molecule has 39 heavy (non-hydrogen) atoms. The number of fused-ring (bicyclic) bond motifs is 1. The van der Waals surface area contributed by atoms with Crippen molar-refractivity contribution in [2.45, 2.75) is 37.7 Å². The standard InChI is InChI=1S/C26H27F3N8O2/c1-39-14-16-8-21(34-22(9-16)26(27,28)29)25(38)36-6-4-35(5-7-36)18-10-19(11-18)37-13-17(12-33-37)23-20-2-3-30-24(20)32-15-31-23/h2-3,8-9,12-13,15,18-19H,4-7,10-11,14H2,1H3,(H,30,31,32). The zero-order valence-corrected chi connectivity index (χ0v) is 21.2. The number of rotatable bonds is 6. The average molecular weight is 541 g/mol. The maximum Gasteiger partial charge on any atom is 0.433 e. The molecule has 1 aliphatic carbocycles. The zero-order valence-electron chi connectivity index (χ0n) is 21.2. The van der Waals surface area contributed by atoms with Gasteiger partial charge in [0.2, 0.25) is 0 Å². The highest BCUT2D eigenvalue weighted by molar-refractivity contribution is 5.92. The van der Waals surface area contributed by atoms with Gasteiger partial charge in [0.05, 0.1) is 24.5 Å². The summed E-state index contributed by atoms with van der Waals surface area (Å²) in [5.74, 6) is -0.491. The van der Waals surface area contributed by atoms with Crippen molar-refractivity contribution in [1.29, 1.82) is 0 Å². The molecule has 4 aromatic rings. The normalized spacial score (nSPS) is 20.4. The summed E-state index contributed by atoms with van der Waals surface area (Å²) in [4.78, 5) is 32.3. The van der Waals surface area contributed by atoms with E-state index in [0.29, 0.717) is 32.2 Å². The Kier molecular flexibility index (Phi) is 6.55. The van der Waals surface area contributed by atoms with Crippen LogP contribution in [0.25, 0.3) is 22.3 Å². The number of aromatic nitrogens is 6. The summed E-state index contributed by atoms with van der Waals surface area (Å²) in [6.45, 7) is 2.15. The number of pyridine rings is 1. The van der Waals surface area contributed by atoms with Gasteiger partial charge in [-0.1, -0.05) is 0 Å². The lowest BCUT2D eigenvalue weighted by atomic mass is 9.85. The van der Waals surface area contributed by atoms with E-state index < -0.39 is 17.8 Å². The number of nitrogens with zero attached hydrogens (tertiary/aromatic N) is 7. The number of H-pyrrole nitrogens is 1. The van der Waals surface area contributed by atoms with Gasteiger partial charge in [-0.05, 0) is 36.6 Å². The average Bonchev–Trinajstić information content (AvgIpc) is 3.57. The van der Waals surface area contributed by atoms with Crippen molar-refractivity contribution in [3.8, 4) is 11.3 Å². The molecular formula is C26H27F3N8O2. The Labute approximate surface area is 221 Å². The van der Waals surface area contributed by atoms with Gasteiger partial charge in [-0.25, -0.2) is 15.0 Å². The first-order valence-corrected chi connectivity index (χ1v) is 12.7. The van der Waals surface area contributed by atoms with E-state index >= 15 is 0 Å². The fraction of sp³-hybridized carbons (Fsp3) is 0.423. The quantitative estimate of drug-likeness (QED) is 0.399. The number of hydrogen-bond acceptors (Lipinski definition) is 7. The topological polar surface area (TPSA) is 105 Å². The van der Waals surface area contributed by atoms with Crippen LogP contribution in [0.2, 0.25) is 0 Å². The Balaban J connectivity index is 1.05. The number of carbonyl (C=O) groups excluding carboxylic acids is 1. The number of carbonyl (C=O) groups is 1. The third-order valence-corrected chi connectivity index (χ3v) is 7.51. The Hall–Kier alpha value is -3.84. The lowest BCUT2D eigenvalue weighted by Gasteiger charge is -2.46. The summed E-state index contributed by atoms with van der Waals surface area (Å²) in [6.07, 6.45) is 4.46. The largest absolute Gasteiger partial charge is 0.433 e. The van der Waals surface area contributed by atoms with E-state index in [1.165, 1.54) is 19.5 Å². The Morgan fingerprint density at radius 1 is 1.13 bits per heavy atom. The van der Waals surface area contributed by atoms with Crippen LogP contribution in [0, 0.1) is 0 Å². The molecule has 1 saturated heterocycles. The Morgan fingerprint density at radius 3 is 2.67 bits per heavy atom. The Bertz CT molecular complexity index is 1490. The first-order valence-electron chi connectivity index (χ1n) is 12.7. The monoisotopic (exact) mass is 540 g/mol. The van der Waals surface area contributed by atoms with Crippen LogP contribution < -0.4 is 0 Å². The van der Waals surface area contributed by atoms with Gasteiger partial charge >= 0.3 is 6.18 Å². The number of hydrogen-bond donors (Lipinski definition) is 1. The number of nitrogens with one attached hydrogen (secondary N) is 1. The van der Waals surface area contributed by atoms with Gasteiger partial charge in [-0.3, -0.25) is 14.4 Å². The molecule has 0 atom stereocenters. The predicted molar refractivity (Wildman–Crippen MR) is 135 cm³/mol. The van der Waals surface area contributed by atoms with E-state index in [0.717, 1.165) is 41.2 Å². The maximum atomic E-state index is 13.3. The fourth-order valence-electron chi connectivity index (χ4n) is 5.38. The molecule has 0 bridgehead atoms. The second-order valence-electron chi connectivity index (χ2n) is 9.96. The van der Waals surface area contributed by atoms with Crippen LogP contribution >= 0.6 is 0 Å².